The van der Waals surface area contributed by atoms with Crippen LogP contribution in [0.3, 0.4) is 0 Å². The largest absolute Gasteiger partial charge is 0.298 e. The topological polar surface area (TPSA) is 3.24 Å². The molecule has 0 aromatic heterocycles. The first-order chi connectivity index (χ1) is 5.42. The summed E-state index contributed by atoms with van der Waals surface area (Å²) in [4.78, 5) is 2.74. The highest BCUT2D eigenvalue weighted by molar-refractivity contribution is 4.87. The first-order valence-corrected chi connectivity index (χ1v) is 5.17. The Morgan fingerprint density at radius 1 is 1.00 bits per heavy atom. The fourth-order valence-electron chi connectivity index (χ4n) is 2.94. The lowest BCUT2D eigenvalue weighted by atomic mass is 9.85. The van der Waals surface area contributed by atoms with Crippen molar-refractivity contribution in [1.29, 1.82) is 0 Å². The average molecular weight is 153 g/mol. The monoisotopic (exact) mass is 153 g/mol. The van der Waals surface area contributed by atoms with Crippen molar-refractivity contribution in [1.82, 2.24) is 4.90 Å². The first kappa shape index (κ1) is 7.60. The Morgan fingerprint density at radius 3 is 1.73 bits per heavy atom. The van der Waals surface area contributed by atoms with Crippen LogP contribution < -0.4 is 0 Å². The summed E-state index contributed by atoms with van der Waals surface area (Å²) in [7, 11) is 0. The predicted octanol–water partition coefficient (Wildman–Crippen LogP) is 2.41. The molecule has 2 fully saturated rings. The van der Waals surface area contributed by atoms with E-state index in [1.165, 1.54) is 45.1 Å². The SMILES string of the molecule is CCN1C2CCCC1CCC2. The summed E-state index contributed by atoms with van der Waals surface area (Å²) < 4.78 is 0. The second kappa shape index (κ2) is 3.14. The minimum atomic E-state index is 0.965. The van der Waals surface area contributed by atoms with Crippen molar-refractivity contribution in [2.24, 2.45) is 0 Å². The molecule has 0 aliphatic carbocycles. The van der Waals surface area contributed by atoms with Crippen LogP contribution in [-0.4, -0.2) is 23.5 Å². The Hall–Kier alpha value is -0.0400. The maximum Gasteiger partial charge on any atom is 0.00980 e. The highest BCUT2D eigenvalue weighted by Gasteiger charge is 2.31. The zero-order chi connectivity index (χ0) is 7.68. The van der Waals surface area contributed by atoms with E-state index in [1.54, 1.807) is 0 Å². The van der Waals surface area contributed by atoms with Gasteiger partial charge in [-0.2, -0.15) is 0 Å². The van der Waals surface area contributed by atoms with Gasteiger partial charge in [-0.1, -0.05) is 19.8 Å². The number of hydrogen-bond donors (Lipinski definition) is 0. The number of nitrogens with zero attached hydrogens (tertiary/aromatic N) is 1. The van der Waals surface area contributed by atoms with Gasteiger partial charge in [0.1, 0.15) is 0 Å². The van der Waals surface area contributed by atoms with Crippen LogP contribution in [0.2, 0.25) is 0 Å². The molecule has 0 aromatic rings. The van der Waals surface area contributed by atoms with Gasteiger partial charge in [0, 0.05) is 12.1 Å². The van der Waals surface area contributed by atoms with Crippen molar-refractivity contribution in [2.75, 3.05) is 6.54 Å². The van der Waals surface area contributed by atoms with Gasteiger partial charge in [0.25, 0.3) is 0 Å². The maximum absolute atomic E-state index is 2.74. The molecule has 2 heterocycles. The average Bonchev–Trinajstić information content (AvgIpc) is 2.03. The van der Waals surface area contributed by atoms with Crippen molar-refractivity contribution in [3.63, 3.8) is 0 Å². The second-order valence-corrected chi connectivity index (χ2v) is 4.00. The normalized spacial score (nSPS) is 39.0. The molecule has 0 N–H and O–H groups in total. The lowest BCUT2D eigenvalue weighted by Gasteiger charge is -2.45. The molecule has 2 saturated heterocycles. The van der Waals surface area contributed by atoms with E-state index in [0.717, 1.165) is 12.1 Å². The smallest absolute Gasteiger partial charge is 0.00980 e. The summed E-state index contributed by atoms with van der Waals surface area (Å²) >= 11 is 0. The van der Waals surface area contributed by atoms with Gasteiger partial charge in [-0.25, -0.2) is 0 Å². The highest BCUT2D eigenvalue weighted by atomic mass is 15.2. The molecule has 11 heavy (non-hydrogen) atoms. The lowest BCUT2D eigenvalue weighted by molar-refractivity contribution is 0.0459. The van der Waals surface area contributed by atoms with Crippen LogP contribution in [0.4, 0.5) is 0 Å². The van der Waals surface area contributed by atoms with Crippen molar-refractivity contribution in [2.45, 2.75) is 57.5 Å². The Labute approximate surface area is 69.8 Å². The van der Waals surface area contributed by atoms with Gasteiger partial charge in [-0.3, -0.25) is 4.90 Å². The molecule has 0 atom stereocenters. The molecule has 1 heteroatoms. The maximum atomic E-state index is 2.74. The van der Waals surface area contributed by atoms with E-state index in [1.807, 2.05) is 0 Å². The number of hydrogen-bond acceptors (Lipinski definition) is 1. The highest BCUT2D eigenvalue weighted by Crippen LogP contribution is 2.33. The molecule has 0 radical (unpaired) electrons. The standard InChI is InChI=1S/C10H19N/c1-2-11-9-5-3-6-10(11)8-4-7-9/h9-10H,2-8H2,1H3. The third-order valence-electron chi connectivity index (χ3n) is 3.45. The van der Waals surface area contributed by atoms with Crippen LogP contribution in [0.5, 0.6) is 0 Å². The summed E-state index contributed by atoms with van der Waals surface area (Å²) in [6.45, 7) is 3.60. The fraction of sp³-hybridized carbons (Fsp3) is 1.00. The van der Waals surface area contributed by atoms with E-state index in [-0.39, 0.29) is 0 Å². The van der Waals surface area contributed by atoms with Crippen molar-refractivity contribution < 1.29 is 0 Å². The quantitative estimate of drug-likeness (QED) is 0.559. The van der Waals surface area contributed by atoms with E-state index in [4.69, 9.17) is 0 Å². The zero-order valence-electron chi connectivity index (χ0n) is 7.55. The van der Waals surface area contributed by atoms with Crippen LogP contribution in [0.25, 0.3) is 0 Å². The van der Waals surface area contributed by atoms with Crippen LogP contribution in [0.1, 0.15) is 45.4 Å². The molecule has 0 spiro atoms. The third kappa shape index (κ3) is 1.31. The number of fused-ring (bicyclic) bond motifs is 2. The summed E-state index contributed by atoms with van der Waals surface area (Å²) in [6, 6.07) is 1.93. The van der Waals surface area contributed by atoms with Gasteiger partial charge in [0.05, 0.1) is 0 Å². The van der Waals surface area contributed by atoms with E-state index in [0.29, 0.717) is 0 Å². The molecule has 1 nitrogen and oxygen atoms in total. The van der Waals surface area contributed by atoms with E-state index in [9.17, 15) is 0 Å². The Balaban J connectivity index is 2.04. The second-order valence-electron chi connectivity index (χ2n) is 4.00. The van der Waals surface area contributed by atoms with Crippen LogP contribution >= 0.6 is 0 Å². The van der Waals surface area contributed by atoms with Gasteiger partial charge >= 0.3 is 0 Å². The van der Waals surface area contributed by atoms with E-state index in [2.05, 4.69) is 11.8 Å². The zero-order valence-corrected chi connectivity index (χ0v) is 7.55. The molecule has 0 unspecified atom stereocenters. The predicted molar refractivity (Wildman–Crippen MR) is 47.7 cm³/mol. The van der Waals surface area contributed by atoms with Crippen LogP contribution in [0.15, 0.2) is 0 Å². The number of piperidine rings is 2. The van der Waals surface area contributed by atoms with Gasteiger partial charge < -0.3 is 0 Å². The molecule has 2 bridgehead atoms. The molecule has 0 amide bonds. The van der Waals surface area contributed by atoms with Crippen molar-refractivity contribution in [3.8, 4) is 0 Å². The fourth-order valence-corrected chi connectivity index (χ4v) is 2.94. The molecular formula is C10H19N. The molecule has 0 aromatic carbocycles. The number of rotatable bonds is 1. The van der Waals surface area contributed by atoms with E-state index >= 15 is 0 Å². The first-order valence-electron chi connectivity index (χ1n) is 5.17. The summed E-state index contributed by atoms with van der Waals surface area (Å²) in [6.07, 6.45) is 8.89. The van der Waals surface area contributed by atoms with Crippen molar-refractivity contribution in [3.05, 3.63) is 0 Å². The molecule has 2 rings (SSSR count). The molecule has 0 saturated carbocycles. The lowest BCUT2D eigenvalue weighted by Crippen LogP contribution is -2.49. The van der Waals surface area contributed by atoms with Gasteiger partial charge in [0.15, 0.2) is 0 Å². The Bertz CT molecular complexity index is 111. The Morgan fingerprint density at radius 2 is 1.45 bits per heavy atom. The molecule has 64 valence electrons. The third-order valence-corrected chi connectivity index (χ3v) is 3.45. The summed E-state index contributed by atoms with van der Waals surface area (Å²) in [5.74, 6) is 0. The van der Waals surface area contributed by atoms with Gasteiger partial charge in [-0.05, 0) is 32.2 Å². The minimum absolute atomic E-state index is 0.965. The molecular weight excluding hydrogens is 134 g/mol. The Kier molecular flexibility index (Phi) is 2.17. The molecule has 2 aliphatic heterocycles. The van der Waals surface area contributed by atoms with Crippen LogP contribution in [0, 0.1) is 0 Å². The minimum Gasteiger partial charge on any atom is -0.298 e. The van der Waals surface area contributed by atoms with Crippen LogP contribution in [-0.2, 0) is 0 Å². The summed E-state index contributed by atoms with van der Waals surface area (Å²) in [5.41, 5.74) is 0. The van der Waals surface area contributed by atoms with Gasteiger partial charge in [-0.15, -0.1) is 0 Å². The van der Waals surface area contributed by atoms with Crippen molar-refractivity contribution >= 4 is 0 Å². The summed E-state index contributed by atoms with van der Waals surface area (Å²) in [5, 5.41) is 0. The molecule has 2 aliphatic rings. The van der Waals surface area contributed by atoms with Gasteiger partial charge in [0.2, 0.25) is 0 Å². The van der Waals surface area contributed by atoms with E-state index < -0.39 is 0 Å².